The summed E-state index contributed by atoms with van der Waals surface area (Å²) < 4.78 is 13.4. The minimum absolute atomic E-state index is 0.0412. The molecule has 0 heterocycles. The van der Waals surface area contributed by atoms with Gasteiger partial charge >= 0.3 is 0 Å². The quantitative estimate of drug-likeness (QED) is 0.833. The van der Waals surface area contributed by atoms with Crippen molar-refractivity contribution in [3.8, 4) is 0 Å². The van der Waals surface area contributed by atoms with Crippen LogP contribution in [0.5, 0.6) is 0 Å². The van der Waals surface area contributed by atoms with E-state index in [-0.39, 0.29) is 10.7 Å². The molecular weight excluding hydrogens is 275 g/mol. The van der Waals surface area contributed by atoms with Gasteiger partial charge in [0, 0.05) is 5.69 Å². The summed E-state index contributed by atoms with van der Waals surface area (Å²) in [5.74, 6) is -1.16. The molecule has 2 N–H and O–H groups in total. The van der Waals surface area contributed by atoms with Crippen molar-refractivity contribution < 1.29 is 9.18 Å². The van der Waals surface area contributed by atoms with Crippen molar-refractivity contribution in [1.82, 2.24) is 5.32 Å². The SMILES string of the molecule is Cc1ccc(NC(=S)NC(=O)c2ccccc2F)cc1. The molecule has 0 aromatic heterocycles. The molecule has 5 heteroatoms. The Balaban J connectivity index is 2.00. The number of thiocarbonyl (C=S) groups is 1. The smallest absolute Gasteiger partial charge is 0.260 e. The van der Waals surface area contributed by atoms with Gasteiger partial charge in [0.15, 0.2) is 5.11 Å². The van der Waals surface area contributed by atoms with Crippen LogP contribution in [0, 0.1) is 12.7 Å². The monoisotopic (exact) mass is 288 g/mol. The predicted octanol–water partition coefficient (Wildman–Crippen LogP) is 3.26. The Morgan fingerprint density at radius 1 is 1.10 bits per heavy atom. The maximum atomic E-state index is 13.4. The van der Waals surface area contributed by atoms with Gasteiger partial charge in [-0.15, -0.1) is 0 Å². The third-order valence-electron chi connectivity index (χ3n) is 2.65. The van der Waals surface area contributed by atoms with E-state index < -0.39 is 11.7 Å². The number of anilines is 1. The van der Waals surface area contributed by atoms with Gasteiger partial charge in [-0.1, -0.05) is 29.8 Å². The molecule has 0 saturated heterocycles. The highest BCUT2D eigenvalue weighted by Gasteiger charge is 2.12. The molecule has 0 fully saturated rings. The van der Waals surface area contributed by atoms with E-state index in [1.54, 1.807) is 6.07 Å². The van der Waals surface area contributed by atoms with E-state index in [1.807, 2.05) is 31.2 Å². The number of aryl methyl sites for hydroxylation is 1. The summed E-state index contributed by atoms with van der Waals surface area (Å²) in [5.41, 5.74) is 1.84. The number of hydrogen-bond donors (Lipinski definition) is 2. The second-order valence-corrected chi connectivity index (χ2v) is 4.66. The molecule has 3 nitrogen and oxygen atoms in total. The van der Waals surface area contributed by atoms with Crippen molar-refractivity contribution in [1.29, 1.82) is 0 Å². The summed E-state index contributed by atoms with van der Waals surface area (Å²) in [4.78, 5) is 11.8. The zero-order chi connectivity index (χ0) is 14.5. The van der Waals surface area contributed by atoms with Crippen LogP contribution >= 0.6 is 12.2 Å². The van der Waals surface area contributed by atoms with Crippen molar-refractivity contribution in [2.24, 2.45) is 0 Å². The second-order valence-electron chi connectivity index (χ2n) is 4.25. The summed E-state index contributed by atoms with van der Waals surface area (Å²) >= 11 is 5.02. The average molecular weight is 288 g/mol. The first-order valence-electron chi connectivity index (χ1n) is 6.00. The summed E-state index contributed by atoms with van der Waals surface area (Å²) in [6.45, 7) is 1.97. The Bertz CT molecular complexity index is 641. The van der Waals surface area contributed by atoms with Crippen molar-refractivity contribution in [2.75, 3.05) is 5.32 Å². The number of nitrogens with one attached hydrogen (secondary N) is 2. The van der Waals surface area contributed by atoms with Gasteiger partial charge in [0.25, 0.3) is 5.91 Å². The van der Waals surface area contributed by atoms with Gasteiger partial charge in [0.05, 0.1) is 5.56 Å². The van der Waals surface area contributed by atoms with Gasteiger partial charge in [-0.3, -0.25) is 10.1 Å². The van der Waals surface area contributed by atoms with Gasteiger partial charge in [-0.25, -0.2) is 4.39 Å². The van der Waals surface area contributed by atoms with Crippen LogP contribution in [0.3, 0.4) is 0 Å². The molecule has 0 saturated carbocycles. The lowest BCUT2D eigenvalue weighted by Gasteiger charge is -2.10. The van der Waals surface area contributed by atoms with Crippen LogP contribution in [0.4, 0.5) is 10.1 Å². The molecule has 0 aliphatic heterocycles. The number of carbonyl (C=O) groups is 1. The lowest BCUT2D eigenvalue weighted by Crippen LogP contribution is -2.34. The number of carbonyl (C=O) groups excluding carboxylic acids is 1. The number of amides is 1. The third-order valence-corrected chi connectivity index (χ3v) is 2.86. The highest BCUT2D eigenvalue weighted by molar-refractivity contribution is 7.80. The normalized spacial score (nSPS) is 9.90. The van der Waals surface area contributed by atoms with Crippen molar-refractivity contribution in [3.05, 3.63) is 65.5 Å². The molecular formula is C15H13FN2OS. The van der Waals surface area contributed by atoms with Gasteiger partial charge in [0.2, 0.25) is 0 Å². The fourth-order valence-electron chi connectivity index (χ4n) is 1.62. The highest BCUT2D eigenvalue weighted by atomic mass is 32.1. The van der Waals surface area contributed by atoms with Crippen LogP contribution in [0.25, 0.3) is 0 Å². The molecule has 20 heavy (non-hydrogen) atoms. The number of benzene rings is 2. The van der Waals surface area contributed by atoms with E-state index in [4.69, 9.17) is 12.2 Å². The molecule has 2 aromatic carbocycles. The van der Waals surface area contributed by atoms with E-state index in [1.165, 1.54) is 18.2 Å². The van der Waals surface area contributed by atoms with Crippen molar-refractivity contribution in [2.45, 2.75) is 6.92 Å². The Hall–Kier alpha value is -2.27. The third kappa shape index (κ3) is 3.61. The van der Waals surface area contributed by atoms with Gasteiger partial charge in [-0.2, -0.15) is 0 Å². The minimum atomic E-state index is -0.580. The molecule has 0 aliphatic rings. The maximum Gasteiger partial charge on any atom is 0.260 e. The highest BCUT2D eigenvalue weighted by Crippen LogP contribution is 2.09. The Labute approximate surface area is 121 Å². The van der Waals surface area contributed by atoms with Crippen molar-refractivity contribution in [3.63, 3.8) is 0 Å². The van der Waals surface area contributed by atoms with E-state index in [0.29, 0.717) is 0 Å². The fraction of sp³-hybridized carbons (Fsp3) is 0.0667. The molecule has 1 amide bonds. The van der Waals surface area contributed by atoms with Crippen molar-refractivity contribution >= 4 is 28.9 Å². The van der Waals surface area contributed by atoms with Gasteiger partial charge in [0.1, 0.15) is 5.82 Å². The molecule has 0 aliphatic carbocycles. The first kappa shape index (κ1) is 14.1. The first-order valence-corrected chi connectivity index (χ1v) is 6.40. The summed E-state index contributed by atoms with van der Waals surface area (Å²) in [6.07, 6.45) is 0. The van der Waals surface area contributed by atoms with Crippen LogP contribution in [0.2, 0.25) is 0 Å². The van der Waals surface area contributed by atoms with E-state index in [9.17, 15) is 9.18 Å². The zero-order valence-corrected chi connectivity index (χ0v) is 11.6. The lowest BCUT2D eigenvalue weighted by atomic mass is 10.2. The molecule has 0 radical (unpaired) electrons. The lowest BCUT2D eigenvalue weighted by molar-refractivity contribution is 0.0974. The van der Waals surface area contributed by atoms with Crippen LogP contribution in [-0.4, -0.2) is 11.0 Å². The Kier molecular flexibility index (Phi) is 4.42. The Morgan fingerprint density at radius 3 is 2.40 bits per heavy atom. The molecule has 0 atom stereocenters. The van der Waals surface area contributed by atoms with E-state index >= 15 is 0 Å². The van der Waals surface area contributed by atoms with Crippen LogP contribution in [-0.2, 0) is 0 Å². The summed E-state index contributed by atoms with van der Waals surface area (Å²) in [5, 5.41) is 5.43. The molecule has 2 rings (SSSR count). The Morgan fingerprint density at radius 2 is 1.75 bits per heavy atom. The number of rotatable bonds is 2. The standard InChI is InChI=1S/C15H13FN2OS/c1-10-6-8-11(9-7-10)17-15(20)18-14(19)12-4-2-3-5-13(12)16/h2-9H,1H3,(H2,17,18,19,20). The maximum absolute atomic E-state index is 13.4. The van der Waals surface area contributed by atoms with Crippen LogP contribution in [0.1, 0.15) is 15.9 Å². The summed E-state index contributed by atoms with van der Waals surface area (Å²) in [6, 6.07) is 13.3. The largest absolute Gasteiger partial charge is 0.332 e. The molecule has 0 spiro atoms. The minimum Gasteiger partial charge on any atom is -0.332 e. The van der Waals surface area contributed by atoms with Gasteiger partial charge in [-0.05, 0) is 43.4 Å². The molecule has 2 aromatic rings. The predicted molar refractivity (Wildman–Crippen MR) is 81.3 cm³/mol. The molecule has 0 bridgehead atoms. The average Bonchev–Trinajstić information content (AvgIpc) is 2.41. The van der Waals surface area contributed by atoms with E-state index in [0.717, 1.165) is 11.3 Å². The second kappa shape index (κ2) is 6.25. The summed E-state index contributed by atoms with van der Waals surface area (Å²) in [7, 11) is 0. The van der Waals surface area contributed by atoms with Crippen LogP contribution in [0.15, 0.2) is 48.5 Å². The zero-order valence-electron chi connectivity index (χ0n) is 10.8. The van der Waals surface area contributed by atoms with E-state index in [2.05, 4.69) is 10.6 Å². The van der Waals surface area contributed by atoms with Gasteiger partial charge < -0.3 is 5.32 Å². The topological polar surface area (TPSA) is 41.1 Å². The number of halogens is 1. The molecule has 0 unspecified atom stereocenters. The first-order chi connectivity index (χ1) is 9.56. The molecule has 102 valence electrons. The number of hydrogen-bond acceptors (Lipinski definition) is 2. The fourth-order valence-corrected chi connectivity index (χ4v) is 1.83. The van der Waals surface area contributed by atoms with Crippen LogP contribution < -0.4 is 10.6 Å².